The fraction of sp³-hybridized carbons (Fsp3) is 0.435. The van der Waals surface area contributed by atoms with Crippen LogP contribution < -0.4 is 10.1 Å². The van der Waals surface area contributed by atoms with E-state index in [0.717, 1.165) is 16.9 Å². The van der Waals surface area contributed by atoms with Crippen LogP contribution in [0.25, 0.3) is 0 Å². The molecule has 1 aliphatic rings. The van der Waals surface area contributed by atoms with Gasteiger partial charge in [-0.25, -0.2) is 8.42 Å². The Morgan fingerprint density at radius 2 is 1.93 bits per heavy atom. The average Bonchev–Trinajstić information content (AvgIpc) is 2.72. The molecule has 0 saturated carbocycles. The second kappa shape index (κ2) is 9.62. The van der Waals surface area contributed by atoms with E-state index in [-0.39, 0.29) is 29.4 Å². The van der Waals surface area contributed by atoms with Gasteiger partial charge in [-0.15, -0.1) is 0 Å². The number of nitrogens with one attached hydrogen (secondary N) is 1. The maximum absolute atomic E-state index is 13.0. The maximum Gasteiger partial charge on any atom is 0.243 e. The van der Waals surface area contributed by atoms with Crippen LogP contribution in [0.2, 0.25) is 0 Å². The number of amides is 1. The number of benzene rings is 2. The third-order valence-corrected chi connectivity index (χ3v) is 7.03. The topological polar surface area (TPSA) is 75.7 Å². The van der Waals surface area contributed by atoms with E-state index < -0.39 is 10.0 Å². The summed E-state index contributed by atoms with van der Waals surface area (Å²) in [4.78, 5) is 13.0. The van der Waals surface area contributed by atoms with Crippen LogP contribution in [0.1, 0.15) is 37.8 Å². The fourth-order valence-corrected chi connectivity index (χ4v) is 5.09. The first-order chi connectivity index (χ1) is 14.3. The molecule has 1 amide bonds. The van der Waals surface area contributed by atoms with Crippen LogP contribution in [0, 0.1) is 12.8 Å². The number of hydrogen-bond donors (Lipinski definition) is 1. The van der Waals surface area contributed by atoms with Gasteiger partial charge in [-0.1, -0.05) is 29.8 Å². The lowest BCUT2D eigenvalue weighted by Gasteiger charge is -2.31. The van der Waals surface area contributed by atoms with E-state index in [9.17, 15) is 13.2 Å². The summed E-state index contributed by atoms with van der Waals surface area (Å²) in [5.41, 5.74) is 1.95. The van der Waals surface area contributed by atoms with Gasteiger partial charge >= 0.3 is 0 Å². The van der Waals surface area contributed by atoms with E-state index in [2.05, 4.69) is 5.32 Å². The molecule has 162 valence electrons. The highest BCUT2D eigenvalue weighted by atomic mass is 32.2. The van der Waals surface area contributed by atoms with E-state index in [4.69, 9.17) is 4.74 Å². The molecular formula is C23H30N2O4S. The number of nitrogens with zero attached hydrogens (tertiary/aromatic N) is 1. The summed E-state index contributed by atoms with van der Waals surface area (Å²) >= 11 is 0. The van der Waals surface area contributed by atoms with E-state index in [0.29, 0.717) is 25.9 Å². The molecule has 1 aliphatic heterocycles. The minimum Gasteiger partial charge on any atom is -0.491 e. The Balaban J connectivity index is 1.61. The number of sulfonamides is 1. The van der Waals surface area contributed by atoms with Gasteiger partial charge in [0.25, 0.3) is 0 Å². The number of ether oxygens (including phenoxy) is 1. The van der Waals surface area contributed by atoms with Gasteiger partial charge in [-0.05, 0) is 63.4 Å². The molecule has 1 unspecified atom stereocenters. The lowest BCUT2D eigenvalue weighted by atomic mass is 9.99. The molecular weight excluding hydrogens is 400 g/mol. The number of carbonyl (C=O) groups is 1. The maximum atomic E-state index is 13.0. The Morgan fingerprint density at radius 1 is 1.20 bits per heavy atom. The Morgan fingerprint density at radius 3 is 2.63 bits per heavy atom. The van der Waals surface area contributed by atoms with Gasteiger partial charge in [0.2, 0.25) is 15.9 Å². The highest BCUT2D eigenvalue weighted by molar-refractivity contribution is 7.89. The zero-order valence-corrected chi connectivity index (χ0v) is 18.6. The zero-order valence-electron chi connectivity index (χ0n) is 17.8. The monoisotopic (exact) mass is 430 g/mol. The fourth-order valence-electron chi connectivity index (χ4n) is 3.57. The molecule has 1 atom stereocenters. The molecule has 2 aromatic rings. The predicted octanol–water partition coefficient (Wildman–Crippen LogP) is 3.50. The molecule has 0 aromatic heterocycles. The first-order valence-corrected chi connectivity index (χ1v) is 11.8. The molecule has 0 radical (unpaired) electrons. The van der Waals surface area contributed by atoms with Gasteiger partial charge in [-0.3, -0.25) is 4.79 Å². The van der Waals surface area contributed by atoms with Crippen LogP contribution in [-0.4, -0.2) is 37.8 Å². The molecule has 7 heteroatoms. The third-order valence-electron chi connectivity index (χ3n) is 5.15. The van der Waals surface area contributed by atoms with E-state index >= 15 is 0 Å². The highest BCUT2D eigenvalue weighted by Crippen LogP contribution is 2.24. The molecule has 1 fully saturated rings. The largest absolute Gasteiger partial charge is 0.491 e. The van der Waals surface area contributed by atoms with Crippen molar-refractivity contribution in [3.05, 3.63) is 59.7 Å². The van der Waals surface area contributed by atoms with Crippen molar-refractivity contribution in [1.29, 1.82) is 0 Å². The minimum absolute atomic E-state index is 0.0820. The van der Waals surface area contributed by atoms with Crippen molar-refractivity contribution >= 4 is 15.9 Å². The number of aryl methyl sites for hydroxylation is 1. The molecule has 6 nitrogen and oxygen atoms in total. The van der Waals surface area contributed by atoms with Crippen LogP contribution >= 0.6 is 0 Å². The number of rotatable bonds is 7. The quantitative estimate of drug-likeness (QED) is 0.730. The van der Waals surface area contributed by atoms with Crippen LogP contribution in [0.3, 0.4) is 0 Å². The Labute approximate surface area is 179 Å². The van der Waals surface area contributed by atoms with Gasteiger partial charge in [0.05, 0.1) is 16.9 Å². The summed E-state index contributed by atoms with van der Waals surface area (Å²) in [6, 6.07) is 14.5. The van der Waals surface area contributed by atoms with Gasteiger partial charge in [0, 0.05) is 19.6 Å². The Bertz CT molecular complexity index is 971. The summed E-state index contributed by atoms with van der Waals surface area (Å²) in [5.74, 6) is 0.299. The highest BCUT2D eigenvalue weighted by Gasteiger charge is 2.33. The zero-order chi connectivity index (χ0) is 21.7. The molecule has 2 aromatic carbocycles. The SMILES string of the molecule is Cc1ccc(S(=O)(=O)N2CCCC(C(=O)NCc3cccc(OC(C)C)c3)C2)cc1. The van der Waals surface area contributed by atoms with Crippen molar-refractivity contribution in [2.75, 3.05) is 13.1 Å². The lowest BCUT2D eigenvalue weighted by Crippen LogP contribution is -2.45. The van der Waals surface area contributed by atoms with E-state index in [1.54, 1.807) is 24.3 Å². The molecule has 1 N–H and O–H groups in total. The van der Waals surface area contributed by atoms with Crippen LogP contribution in [-0.2, 0) is 21.4 Å². The average molecular weight is 431 g/mol. The van der Waals surface area contributed by atoms with Gasteiger partial charge in [-0.2, -0.15) is 4.31 Å². The van der Waals surface area contributed by atoms with E-state index in [1.807, 2.05) is 45.0 Å². The first kappa shape index (κ1) is 22.3. The number of carbonyl (C=O) groups excluding carboxylic acids is 1. The van der Waals surface area contributed by atoms with Crippen molar-refractivity contribution in [2.45, 2.75) is 51.2 Å². The number of hydrogen-bond acceptors (Lipinski definition) is 4. The molecule has 30 heavy (non-hydrogen) atoms. The predicted molar refractivity (Wildman–Crippen MR) is 117 cm³/mol. The van der Waals surface area contributed by atoms with Crippen LogP contribution in [0.5, 0.6) is 5.75 Å². The lowest BCUT2D eigenvalue weighted by molar-refractivity contribution is -0.126. The summed E-state index contributed by atoms with van der Waals surface area (Å²) in [7, 11) is -3.59. The summed E-state index contributed by atoms with van der Waals surface area (Å²) in [6.07, 6.45) is 1.43. The van der Waals surface area contributed by atoms with Crippen molar-refractivity contribution < 1.29 is 17.9 Å². The van der Waals surface area contributed by atoms with Crippen molar-refractivity contribution in [3.63, 3.8) is 0 Å². The summed E-state index contributed by atoms with van der Waals surface area (Å²) < 4.78 is 33.0. The second-order valence-corrected chi connectivity index (χ2v) is 9.99. The standard InChI is InChI=1S/C23H30N2O4S/c1-17(2)29-21-8-4-6-19(14-21)15-24-23(26)20-7-5-13-25(16-20)30(27,28)22-11-9-18(3)10-12-22/h4,6,8-12,14,17,20H,5,7,13,15-16H2,1-3H3,(H,24,26). The number of piperidine rings is 1. The van der Waals surface area contributed by atoms with Crippen molar-refractivity contribution in [2.24, 2.45) is 5.92 Å². The molecule has 0 spiro atoms. The normalized spacial score (nSPS) is 17.7. The van der Waals surface area contributed by atoms with E-state index in [1.165, 1.54) is 4.31 Å². The summed E-state index contributed by atoms with van der Waals surface area (Å²) in [5, 5.41) is 2.95. The van der Waals surface area contributed by atoms with Gasteiger partial charge < -0.3 is 10.1 Å². The van der Waals surface area contributed by atoms with Crippen LogP contribution in [0.4, 0.5) is 0 Å². The van der Waals surface area contributed by atoms with Crippen molar-refractivity contribution in [3.8, 4) is 5.75 Å². The van der Waals surface area contributed by atoms with Crippen molar-refractivity contribution in [1.82, 2.24) is 9.62 Å². The Hall–Kier alpha value is -2.38. The Kier molecular flexibility index (Phi) is 7.15. The smallest absolute Gasteiger partial charge is 0.243 e. The third kappa shape index (κ3) is 5.61. The molecule has 3 rings (SSSR count). The first-order valence-electron chi connectivity index (χ1n) is 10.4. The molecule has 1 heterocycles. The minimum atomic E-state index is -3.59. The van der Waals surface area contributed by atoms with Gasteiger partial charge in [0.15, 0.2) is 0 Å². The summed E-state index contributed by atoms with van der Waals surface area (Å²) in [6.45, 7) is 6.88. The van der Waals surface area contributed by atoms with Crippen LogP contribution in [0.15, 0.2) is 53.4 Å². The van der Waals surface area contributed by atoms with Gasteiger partial charge in [0.1, 0.15) is 5.75 Å². The molecule has 1 saturated heterocycles. The molecule has 0 aliphatic carbocycles. The molecule has 0 bridgehead atoms. The second-order valence-electron chi connectivity index (χ2n) is 8.05.